The third-order valence-corrected chi connectivity index (χ3v) is 2.72. The summed E-state index contributed by atoms with van der Waals surface area (Å²) < 4.78 is 13.0. The van der Waals surface area contributed by atoms with Crippen molar-refractivity contribution in [3.63, 3.8) is 0 Å². The van der Waals surface area contributed by atoms with E-state index in [1.54, 1.807) is 6.07 Å². The number of rotatable bonds is 4. The lowest BCUT2D eigenvalue weighted by molar-refractivity contribution is -0.140. The van der Waals surface area contributed by atoms with Gasteiger partial charge in [-0.05, 0) is 17.7 Å². The average Bonchev–Trinajstić information content (AvgIpc) is 2.56. The number of nitrogens with one attached hydrogen (secondary N) is 1. The summed E-state index contributed by atoms with van der Waals surface area (Å²) in [6, 6.07) is 3.79. The summed E-state index contributed by atoms with van der Waals surface area (Å²) >= 11 is 0. The fourth-order valence-electron chi connectivity index (χ4n) is 1.86. The smallest absolute Gasteiger partial charge is 0.325 e. The van der Waals surface area contributed by atoms with Crippen molar-refractivity contribution in [1.29, 1.82) is 0 Å². The van der Waals surface area contributed by atoms with Gasteiger partial charge in [0, 0.05) is 0 Å². The summed E-state index contributed by atoms with van der Waals surface area (Å²) in [7, 11) is 0. The van der Waals surface area contributed by atoms with Gasteiger partial charge < -0.3 is 10.4 Å². The molecule has 1 fully saturated rings. The zero-order valence-electron chi connectivity index (χ0n) is 9.80. The Labute approximate surface area is 107 Å². The molecule has 1 atom stereocenters. The van der Waals surface area contributed by atoms with Gasteiger partial charge in [-0.1, -0.05) is 12.1 Å². The number of nitrogens with zero attached hydrogens (tertiary/aromatic N) is 1. The van der Waals surface area contributed by atoms with E-state index in [1.165, 1.54) is 18.2 Å². The van der Waals surface area contributed by atoms with Crippen LogP contribution in [0.5, 0.6) is 0 Å². The molecule has 0 aromatic heterocycles. The zero-order chi connectivity index (χ0) is 14.0. The maximum atomic E-state index is 13.0. The third-order valence-electron chi connectivity index (χ3n) is 2.72. The van der Waals surface area contributed by atoms with E-state index in [4.69, 9.17) is 5.11 Å². The molecule has 0 radical (unpaired) electrons. The highest BCUT2D eigenvalue weighted by molar-refractivity contribution is 6.05. The maximum Gasteiger partial charge on any atom is 0.325 e. The Morgan fingerprint density at radius 3 is 2.79 bits per heavy atom. The summed E-state index contributed by atoms with van der Waals surface area (Å²) in [5.74, 6) is -2.26. The molecule has 2 rings (SSSR count). The van der Waals surface area contributed by atoms with Gasteiger partial charge in [-0.2, -0.15) is 0 Å². The lowest BCUT2D eigenvalue weighted by Crippen LogP contribution is -2.32. The summed E-state index contributed by atoms with van der Waals surface area (Å²) in [5, 5.41) is 10.9. The molecule has 0 unspecified atom stereocenters. The number of amides is 3. The van der Waals surface area contributed by atoms with Crippen LogP contribution in [0.2, 0.25) is 0 Å². The molecule has 1 saturated heterocycles. The van der Waals surface area contributed by atoms with Crippen molar-refractivity contribution in [2.24, 2.45) is 0 Å². The van der Waals surface area contributed by atoms with Crippen molar-refractivity contribution < 1.29 is 23.9 Å². The van der Waals surface area contributed by atoms with Crippen LogP contribution in [0.25, 0.3) is 0 Å². The Bertz CT molecular complexity index is 546. The molecule has 1 heterocycles. The molecule has 1 aromatic carbocycles. The third kappa shape index (κ3) is 2.87. The van der Waals surface area contributed by atoms with Crippen molar-refractivity contribution in [3.8, 4) is 0 Å². The molecule has 1 aliphatic heterocycles. The van der Waals surface area contributed by atoms with E-state index in [0.717, 1.165) is 4.90 Å². The normalized spacial score (nSPS) is 18.6. The second-order valence-corrected chi connectivity index (χ2v) is 4.15. The first-order valence-electron chi connectivity index (χ1n) is 5.55. The van der Waals surface area contributed by atoms with Crippen molar-refractivity contribution in [2.75, 3.05) is 0 Å². The quantitative estimate of drug-likeness (QED) is 0.786. The Kier molecular flexibility index (Phi) is 3.46. The number of aliphatic carboxylic acids is 1. The molecule has 1 aliphatic rings. The van der Waals surface area contributed by atoms with E-state index in [9.17, 15) is 18.8 Å². The second-order valence-electron chi connectivity index (χ2n) is 4.15. The van der Waals surface area contributed by atoms with Crippen LogP contribution in [-0.2, 0) is 16.1 Å². The molecule has 0 saturated carbocycles. The molecule has 2 N–H and O–H groups in total. The van der Waals surface area contributed by atoms with Crippen LogP contribution in [0.1, 0.15) is 12.0 Å². The van der Waals surface area contributed by atoms with Crippen molar-refractivity contribution >= 4 is 17.9 Å². The van der Waals surface area contributed by atoms with Crippen LogP contribution in [0.4, 0.5) is 9.18 Å². The van der Waals surface area contributed by atoms with Crippen molar-refractivity contribution in [3.05, 3.63) is 35.6 Å². The monoisotopic (exact) mass is 266 g/mol. The van der Waals surface area contributed by atoms with E-state index in [-0.39, 0.29) is 6.54 Å². The Morgan fingerprint density at radius 2 is 2.16 bits per heavy atom. The predicted octanol–water partition coefficient (Wildman–Crippen LogP) is 0.721. The number of benzene rings is 1. The first kappa shape index (κ1) is 13.0. The van der Waals surface area contributed by atoms with E-state index >= 15 is 0 Å². The van der Waals surface area contributed by atoms with Crippen LogP contribution in [0.3, 0.4) is 0 Å². The summed E-state index contributed by atoms with van der Waals surface area (Å²) in [6.07, 6.45) is -0.468. The van der Waals surface area contributed by atoms with Crippen LogP contribution in [0, 0.1) is 5.82 Å². The number of hydrogen-bond acceptors (Lipinski definition) is 3. The van der Waals surface area contributed by atoms with Gasteiger partial charge in [-0.3, -0.25) is 14.5 Å². The number of carboxylic acids is 1. The second kappa shape index (κ2) is 5.05. The van der Waals surface area contributed by atoms with Gasteiger partial charge in [0.1, 0.15) is 11.9 Å². The Balaban J connectivity index is 2.10. The molecular formula is C12H11FN2O4. The predicted molar refractivity (Wildman–Crippen MR) is 61.5 cm³/mol. The zero-order valence-corrected chi connectivity index (χ0v) is 9.80. The molecule has 6 nitrogen and oxygen atoms in total. The molecular weight excluding hydrogens is 255 g/mol. The van der Waals surface area contributed by atoms with Crippen molar-refractivity contribution in [1.82, 2.24) is 10.2 Å². The molecule has 0 spiro atoms. The maximum absolute atomic E-state index is 13.0. The summed E-state index contributed by atoms with van der Waals surface area (Å²) in [4.78, 5) is 34.8. The van der Waals surface area contributed by atoms with Gasteiger partial charge in [0.25, 0.3) is 5.91 Å². The van der Waals surface area contributed by atoms with E-state index in [0.29, 0.717) is 5.56 Å². The van der Waals surface area contributed by atoms with Crippen LogP contribution in [-0.4, -0.2) is 34.0 Å². The van der Waals surface area contributed by atoms with Gasteiger partial charge in [-0.25, -0.2) is 9.18 Å². The standard InChI is InChI=1S/C12H11FN2O4/c13-8-3-1-2-7(4-8)6-15-11(18)9(5-10(16)17)14-12(15)19/h1-4,9H,5-6H2,(H,14,19)(H,16,17)/t9-/m0/s1. The average molecular weight is 266 g/mol. The highest BCUT2D eigenvalue weighted by Crippen LogP contribution is 2.14. The Morgan fingerprint density at radius 1 is 1.42 bits per heavy atom. The number of carbonyl (C=O) groups excluding carboxylic acids is 2. The molecule has 100 valence electrons. The number of carboxylic acid groups (broad SMARTS) is 1. The molecule has 0 aliphatic carbocycles. The number of halogens is 1. The first-order chi connectivity index (χ1) is 8.97. The van der Waals surface area contributed by atoms with Gasteiger partial charge in [0.15, 0.2) is 0 Å². The highest BCUT2D eigenvalue weighted by Gasteiger charge is 2.38. The number of imide groups is 1. The van der Waals surface area contributed by atoms with E-state index in [1.807, 2.05) is 0 Å². The Hall–Kier alpha value is -2.44. The molecule has 7 heteroatoms. The molecule has 19 heavy (non-hydrogen) atoms. The minimum absolute atomic E-state index is 0.0848. The van der Waals surface area contributed by atoms with Gasteiger partial charge in [0.2, 0.25) is 0 Å². The first-order valence-corrected chi connectivity index (χ1v) is 5.55. The lowest BCUT2D eigenvalue weighted by Gasteiger charge is -2.12. The number of hydrogen-bond donors (Lipinski definition) is 2. The SMILES string of the molecule is O=C(O)C[C@@H]1NC(=O)N(Cc2cccc(F)c2)C1=O. The van der Waals surface area contributed by atoms with Crippen LogP contribution < -0.4 is 5.32 Å². The van der Waals surface area contributed by atoms with Crippen LogP contribution >= 0.6 is 0 Å². The summed E-state index contributed by atoms with van der Waals surface area (Å²) in [5.41, 5.74) is 0.458. The van der Waals surface area contributed by atoms with Gasteiger partial charge in [-0.15, -0.1) is 0 Å². The van der Waals surface area contributed by atoms with E-state index < -0.39 is 36.2 Å². The van der Waals surface area contributed by atoms with Crippen LogP contribution in [0.15, 0.2) is 24.3 Å². The van der Waals surface area contributed by atoms with Crippen molar-refractivity contribution in [2.45, 2.75) is 19.0 Å². The molecule has 3 amide bonds. The lowest BCUT2D eigenvalue weighted by atomic mass is 10.2. The largest absolute Gasteiger partial charge is 0.481 e. The minimum atomic E-state index is -1.17. The fraction of sp³-hybridized carbons (Fsp3) is 0.250. The highest BCUT2D eigenvalue weighted by atomic mass is 19.1. The van der Waals surface area contributed by atoms with Gasteiger partial charge >= 0.3 is 12.0 Å². The molecule has 0 bridgehead atoms. The fourth-order valence-corrected chi connectivity index (χ4v) is 1.86. The molecule has 1 aromatic rings. The number of carbonyl (C=O) groups is 3. The van der Waals surface area contributed by atoms with Gasteiger partial charge in [0.05, 0.1) is 13.0 Å². The summed E-state index contributed by atoms with van der Waals surface area (Å²) in [6.45, 7) is -0.0848. The minimum Gasteiger partial charge on any atom is -0.481 e. The van der Waals surface area contributed by atoms with E-state index in [2.05, 4.69) is 5.32 Å². The topological polar surface area (TPSA) is 86.7 Å². The number of urea groups is 1.